The molecule has 0 aliphatic heterocycles. The molecule has 3 unspecified atom stereocenters. The van der Waals surface area contributed by atoms with E-state index in [2.05, 4.69) is 12.2 Å². The van der Waals surface area contributed by atoms with E-state index in [-0.39, 0.29) is 6.04 Å². The van der Waals surface area contributed by atoms with Crippen molar-refractivity contribution in [1.29, 1.82) is 0 Å². The second-order valence-electron chi connectivity index (χ2n) is 5.93. The van der Waals surface area contributed by atoms with Crippen LogP contribution in [0.2, 0.25) is 0 Å². The molecule has 2 rings (SSSR count). The molecule has 0 aromatic heterocycles. The Balaban J connectivity index is 2.13. The van der Waals surface area contributed by atoms with Crippen LogP contribution in [0.25, 0.3) is 0 Å². The van der Waals surface area contributed by atoms with Gasteiger partial charge in [-0.25, -0.2) is 8.78 Å². The first-order valence-electron chi connectivity index (χ1n) is 7.77. The van der Waals surface area contributed by atoms with E-state index < -0.39 is 11.6 Å². The molecule has 1 aromatic carbocycles. The van der Waals surface area contributed by atoms with Gasteiger partial charge in [0.05, 0.1) is 0 Å². The smallest absolute Gasteiger partial charge is 0.162 e. The van der Waals surface area contributed by atoms with Crippen LogP contribution in [-0.4, -0.2) is 13.1 Å². The third-order valence-corrected chi connectivity index (χ3v) is 4.85. The Kier molecular flexibility index (Phi) is 5.53. The lowest BCUT2D eigenvalue weighted by Gasteiger charge is -2.37. The summed E-state index contributed by atoms with van der Waals surface area (Å²) in [5, 5.41) is 3.34. The standard InChI is InChI=1S/C17H25F2N/c1-3-12-7-4-5-9-14(12)16(20-2)11-13-8-6-10-15(18)17(13)19/h6,8,10,12,14,16,20H,3-5,7,9,11H2,1-2H3. The topological polar surface area (TPSA) is 12.0 Å². The van der Waals surface area contributed by atoms with Crippen LogP contribution in [0.3, 0.4) is 0 Å². The van der Waals surface area contributed by atoms with E-state index in [0.29, 0.717) is 23.8 Å². The summed E-state index contributed by atoms with van der Waals surface area (Å²) in [6.45, 7) is 2.23. The minimum Gasteiger partial charge on any atom is -0.316 e. The van der Waals surface area contributed by atoms with Gasteiger partial charge in [-0.05, 0) is 43.4 Å². The third kappa shape index (κ3) is 3.38. The molecule has 0 heterocycles. The summed E-state index contributed by atoms with van der Waals surface area (Å²) in [6, 6.07) is 4.71. The lowest BCUT2D eigenvalue weighted by molar-refractivity contribution is 0.178. The van der Waals surface area contributed by atoms with Crippen molar-refractivity contribution >= 4 is 0 Å². The van der Waals surface area contributed by atoms with E-state index in [0.717, 1.165) is 0 Å². The summed E-state index contributed by atoms with van der Waals surface area (Å²) in [4.78, 5) is 0. The zero-order chi connectivity index (χ0) is 14.5. The normalized spacial score (nSPS) is 24.6. The fraction of sp³-hybridized carbons (Fsp3) is 0.647. The average Bonchev–Trinajstić information content (AvgIpc) is 2.49. The Bertz CT molecular complexity index is 433. The summed E-state index contributed by atoms with van der Waals surface area (Å²) in [7, 11) is 1.93. The number of benzene rings is 1. The Hall–Kier alpha value is -0.960. The van der Waals surface area contributed by atoms with Gasteiger partial charge in [0, 0.05) is 6.04 Å². The lowest BCUT2D eigenvalue weighted by atomic mass is 9.72. The van der Waals surface area contributed by atoms with Crippen LogP contribution in [0.5, 0.6) is 0 Å². The highest BCUT2D eigenvalue weighted by Gasteiger charge is 2.30. The third-order valence-electron chi connectivity index (χ3n) is 4.85. The molecule has 1 aliphatic rings. The van der Waals surface area contributed by atoms with Crippen molar-refractivity contribution in [2.24, 2.45) is 11.8 Å². The first-order chi connectivity index (χ1) is 9.67. The molecule has 0 amide bonds. The maximum Gasteiger partial charge on any atom is 0.162 e. The quantitative estimate of drug-likeness (QED) is 0.848. The number of likely N-dealkylation sites (N-methyl/N-ethyl adjacent to an activating group) is 1. The van der Waals surface area contributed by atoms with Crippen molar-refractivity contribution in [3.63, 3.8) is 0 Å². The largest absolute Gasteiger partial charge is 0.316 e. The van der Waals surface area contributed by atoms with Crippen LogP contribution >= 0.6 is 0 Å². The fourth-order valence-electron chi connectivity index (χ4n) is 3.68. The van der Waals surface area contributed by atoms with Gasteiger partial charge in [0.25, 0.3) is 0 Å². The Morgan fingerprint density at radius 1 is 1.25 bits per heavy atom. The summed E-state index contributed by atoms with van der Waals surface area (Å²) in [5.41, 5.74) is 0.491. The fourth-order valence-corrected chi connectivity index (χ4v) is 3.68. The molecule has 1 nitrogen and oxygen atoms in total. The first kappa shape index (κ1) is 15.4. The molecule has 1 fully saturated rings. The highest BCUT2D eigenvalue weighted by Crippen LogP contribution is 2.35. The van der Waals surface area contributed by atoms with Crippen LogP contribution in [0.1, 0.15) is 44.6 Å². The van der Waals surface area contributed by atoms with Crippen molar-refractivity contribution in [3.05, 3.63) is 35.4 Å². The Morgan fingerprint density at radius 3 is 2.70 bits per heavy atom. The maximum atomic E-state index is 13.8. The van der Waals surface area contributed by atoms with Gasteiger partial charge < -0.3 is 5.32 Å². The van der Waals surface area contributed by atoms with Crippen molar-refractivity contribution in [2.45, 2.75) is 51.5 Å². The zero-order valence-electron chi connectivity index (χ0n) is 12.5. The summed E-state index contributed by atoms with van der Waals surface area (Å²) < 4.78 is 27.2. The predicted octanol–water partition coefficient (Wildman–Crippen LogP) is 4.31. The summed E-state index contributed by atoms with van der Waals surface area (Å²) in [6.07, 6.45) is 6.77. The minimum absolute atomic E-state index is 0.233. The molecule has 20 heavy (non-hydrogen) atoms. The number of rotatable bonds is 5. The molecular formula is C17H25F2N. The summed E-state index contributed by atoms with van der Waals surface area (Å²) >= 11 is 0. The van der Waals surface area contributed by atoms with Gasteiger partial charge >= 0.3 is 0 Å². The molecule has 1 aromatic rings. The highest BCUT2D eigenvalue weighted by molar-refractivity contribution is 5.20. The average molecular weight is 281 g/mol. The van der Waals surface area contributed by atoms with Gasteiger partial charge in [0.2, 0.25) is 0 Å². The van der Waals surface area contributed by atoms with Crippen LogP contribution in [0, 0.1) is 23.5 Å². The lowest BCUT2D eigenvalue weighted by Crippen LogP contribution is -2.41. The van der Waals surface area contributed by atoms with Gasteiger partial charge in [0.1, 0.15) is 0 Å². The zero-order valence-corrected chi connectivity index (χ0v) is 12.5. The Morgan fingerprint density at radius 2 is 2.00 bits per heavy atom. The van der Waals surface area contributed by atoms with E-state index >= 15 is 0 Å². The molecular weight excluding hydrogens is 256 g/mol. The van der Waals surface area contributed by atoms with Gasteiger partial charge in [-0.3, -0.25) is 0 Å². The van der Waals surface area contributed by atoms with E-state index in [1.165, 1.54) is 38.2 Å². The van der Waals surface area contributed by atoms with Crippen molar-refractivity contribution in [3.8, 4) is 0 Å². The Labute approximate surface area is 120 Å². The van der Waals surface area contributed by atoms with Gasteiger partial charge in [-0.2, -0.15) is 0 Å². The maximum absolute atomic E-state index is 13.8. The van der Waals surface area contributed by atoms with Gasteiger partial charge in [-0.1, -0.05) is 44.7 Å². The van der Waals surface area contributed by atoms with E-state index in [9.17, 15) is 8.78 Å². The molecule has 0 bridgehead atoms. The summed E-state index contributed by atoms with van der Waals surface area (Å²) in [5.74, 6) is -0.149. The molecule has 1 aliphatic carbocycles. The predicted molar refractivity (Wildman–Crippen MR) is 78.6 cm³/mol. The van der Waals surface area contributed by atoms with E-state index in [1.807, 2.05) is 7.05 Å². The van der Waals surface area contributed by atoms with Gasteiger partial charge in [-0.15, -0.1) is 0 Å². The van der Waals surface area contributed by atoms with Crippen molar-refractivity contribution < 1.29 is 8.78 Å². The van der Waals surface area contributed by atoms with Crippen LogP contribution in [0.4, 0.5) is 8.78 Å². The van der Waals surface area contributed by atoms with E-state index in [4.69, 9.17) is 0 Å². The van der Waals surface area contributed by atoms with Crippen molar-refractivity contribution in [2.75, 3.05) is 7.05 Å². The minimum atomic E-state index is -0.743. The molecule has 0 saturated heterocycles. The first-order valence-corrected chi connectivity index (χ1v) is 7.77. The molecule has 1 saturated carbocycles. The number of nitrogens with one attached hydrogen (secondary N) is 1. The van der Waals surface area contributed by atoms with Gasteiger partial charge in [0.15, 0.2) is 11.6 Å². The number of halogens is 2. The second kappa shape index (κ2) is 7.16. The van der Waals surface area contributed by atoms with Crippen LogP contribution in [-0.2, 0) is 6.42 Å². The molecule has 3 atom stereocenters. The number of hydrogen-bond donors (Lipinski definition) is 1. The molecule has 0 spiro atoms. The highest BCUT2D eigenvalue weighted by atomic mass is 19.2. The monoisotopic (exact) mass is 281 g/mol. The van der Waals surface area contributed by atoms with E-state index in [1.54, 1.807) is 12.1 Å². The second-order valence-corrected chi connectivity index (χ2v) is 5.93. The SMILES string of the molecule is CCC1CCCCC1C(Cc1cccc(F)c1F)NC. The van der Waals surface area contributed by atoms with Crippen LogP contribution in [0.15, 0.2) is 18.2 Å². The molecule has 1 N–H and O–H groups in total. The van der Waals surface area contributed by atoms with Crippen LogP contribution < -0.4 is 5.32 Å². The number of hydrogen-bond acceptors (Lipinski definition) is 1. The molecule has 112 valence electrons. The molecule has 0 radical (unpaired) electrons. The van der Waals surface area contributed by atoms with Crippen molar-refractivity contribution in [1.82, 2.24) is 5.32 Å². The molecule has 3 heteroatoms.